The first-order valence-corrected chi connectivity index (χ1v) is 8.33. The average Bonchev–Trinajstić information content (AvgIpc) is 2.39. The van der Waals surface area contributed by atoms with Gasteiger partial charge in [0.2, 0.25) is 10.0 Å². The molecule has 112 valence electrons. The first-order valence-electron chi connectivity index (χ1n) is 6.72. The van der Waals surface area contributed by atoms with Gasteiger partial charge in [0.1, 0.15) is 5.82 Å². The summed E-state index contributed by atoms with van der Waals surface area (Å²) in [4.78, 5) is 0. The molecule has 0 bridgehead atoms. The van der Waals surface area contributed by atoms with Crippen LogP contribution in [0.25, 0.3) is 0 Å². The zero-order chi connectivity index (χ0) is 14.6. The van der Waals surface area contributed by atoms with Gasteiger partial charge in [-0.2, -0.15) is 0 Å². The van der Waals surface area contributed by atoms with E-state index in [0.717, 1.165) is 12.8 Å². The van der Waals surface area contributed by atoms with Crippen LogP contribution in [-0.2, 0) is 20.5 Å². The van der Waals surface area contributed by atoms with Crippen molar-refractivity contribution in [3.8, 4) is 0 Å². The molecule has 1 fully saturated rings. The Morgan fingerprint density at radius 1 is 1.35 bits per heavy atom. The van der Waals surface area contributed by atoms with E-state index in [0.29, 0.717) is 31.2 Å². The van der Waals surface area contributed by atoms with E-state index < -0.39 is 15.8 Å². The molecule has 0 aromatic heterocycles. The molecule has 0 aliphatic carbocycles. The third-order valence-electron chi connectivity index (χ3n) is 3.61. The lowest BCUT2D eigenvalue weighted by Crippen LogP contribution is -2.39. The van der Waals surface area contributed by atoms with Gasteiger partial charge in [0.15, 0.2) is 0 Å². The van der Waals surface area contributed by atoms with Gasteiger partial charge in [-0.15, -0.1) is 0 Å². The molecular weight excluding hydrogens is 281 g/mol. The first-order chi connectivity index (χ1) is 9.51. The van der Waals surface area contributed by atoms with Crippen LogP contribution in [-0.4, -0.2) is 39.5 Å². The molecule has 2 rings (SSSR count). The summed E-state index contributed by atoms with van der Waals surface area (Å²) in [6.07, 6.45) is 1.63. The summed E-state index contributed by atoms with van der Waals surface area (Å²) >= 11 is 0. The van der Waals surface area contributed by atoms with Crippen molar-refractivity contribution in [1.29, 1.82) is 0 Å². The van der Waals surface area contributed by atoms with Gasteiger partial charge in [-0.3, -0.25) is 0 Å². The number of ether oxygens (including phenoxy) is 1. The largest absolute Gasteiger partial charge is 0.384 e. The van der Waals surface area contributed by atoms with Gasteiger partial charge >= 0.3 is 0 Å². The maximum atomic E-state index is 13.1. The van der Waals surface area contributed by atoms with Gasteiger partial charge in [0.25, 0.3) is 0 Å². The lowest BCUT2D eigenvalue weighted by Gasteiger charge is -2.30. The normalized spacial score (nSPS) is 18.3. The highest BCUT2D eigenvalue weighted by molar-refractivity contribution is 7.88. The van der Waals surface area contributed by atoms with E-state index in [-0.39, 0.29) is 5.75 Å². The molecule has 1 aromatic rings. The lowest BCUT2D eigenvalue weighted by molar-refractivity contribution is 0.121. The Morgan fingerprint density at radius 2 is 2.05 bits per heavy atom. The van der Waals surface area contributed by atoms with Gasteiger partial charge in [-0.25, -0.2) is 17.1 Å². The number of nitrogens with zero attached hydrogens (tertiary/aromatic N) is 1. The van der Waals surface area contributed by atoms with Gasteiger partial charge in [-0.1, -0.05) is 12.1 Å². The molecule has 0 saturated carbocycles. The summed E-state index contributed by atoms with van der Waals surface area (Å²) in [5.41, 5.74) is 0.490. The predicted molar refractivity (Wildman–Crippen MR) is 75.2 cm³/mol. The minimum absolute atomic E-state index is 0.139. The highest BCUT2D eigenvalue weighted by Crippen LogP contribution is 2.21. The number of rotatable bonds is 5. The molecule has 0 N–H and O–H groups in total. The number of halogens is 1. The van der Waals surface area contributed by atoms with Gasteiger partial charge in [0, 0.05) is 26.8 Å². The number of hydrogen-bond donors (Lipinski definition) is 0. The van der Waals surface area contributed by atoms with Crippen molar-refractivity contribution < 1.29 is 17.5 Å². The second kappa shape index (κ2) is 6.65. The fourth-order valence-corrected chi connectivity index (χ4v) is 4.07. The molecule has 4 nitrogen and oxygen atoms in total. The summed E-state index contributed by atoms with van der Waals surface area (Å²) < 4.78 is 44.3. The number of hydrogen-bond acceptors (Lipinski definition) is 3. The zero-order valence-corrected chi connectivity index (χ0v) is 12.4. The van der Waals surface area contributed by atoms with E-state index in [1.807, 2.05) is 0 Å². The van der Waals surface area contributed by atoms with Crippen molar-refractivity contribution in [2.45, 2.75) is 18.6 Å². The minimum atomic E-state index is -3.37. The number of sulfonamides is 1. The molecule has 1 aliphatic rings. The molecule has 6 heteroatoms. The molecule has 1 aromatic carbocycles. The fourth-order valence-electron chi connectivity index (χ4n) is 2.52. The summed E-state index contributed by atoms with van der Waals surface area (Å²) in [5.74, 6) is -0.114. The average molecular weight is 301 g/mol. The molecule has 1 heterocycles. The van der Waals surface area contributed by atoms with E-state index in [1.54, 1.807) is 13.2 Å². The third-order valence-corrected chi connectivity index (χ3v) is 5.46. The monoisotopic (exact) mass is 301 g/mol. The summed E-state index contributed by atoms with van der Waals surface area (Å²) in [5, 5.41) is 0. The maximum Gasteiger partial charge on any atom is 0.218 e. The Hall–Kier alpha value is -0.980. The van der Waals surface area contributed by atoms with Gasteiger partial charge < -0.3 is 4.74 Å². The van der Waals surface area contributed by atoms with E-state index in [9.17, 15) is 12.8 Å². The van der Waals surface area contributed by atoms with E-state index in [4.69, 9.17) is 4.74 Å². The zero-order valence-electron chi connectivity index (χ0n) is 11.6. The van der Waals surface area contributed by atoms with E-state index in [2.05, 4.69) is 0 Å². The summed E-state index contributed by atoms with van der Waals surface area (Å²) in [7, 11) is -1.71. The van der Waals surface area contributed by atoms with Crippen LogP contribution in [0.2, 0.25) is 0 Å². The van der Waals surface area contributed by atoms with Crippen LogP contribution >= 0.6 is 0 Å². The van der Waals surface area contributed by atoms with E-state index in [1.165, 1.54) is 22.5 Å². The smallest absolute Gasteiger partial charge is 0.218 e. The fraction of sp³-hybridized carbons (Fsp3) is 0.571. The molecule has 0 radical (unpaired) electrons. The van der Waals surface area contributed by atoms with Crippen LogP contribution in [0.15, 0.2) is 24.3 Å². The number of benzene rings is 1. The van der Waals surface area contributed by atoms with Crippen molar-refractivity contribution in [3.05, 3.63) is 35.6 Å². The van der Waals surface area contributed by atoms with Crippen LogP contribution in [0, 0.1) is 11.7 Å². The van der Waals surface area contributed by atoms with Crippen LogP contribution in [0.4, 0.5) is 4.39 Å². The molecule has 0 amide bonds. The maximum absolute atomic E-state index is 13.1. The highest BCUT2D eigenvalue weighted by atomic mass is 32.2. The summed E-state index contributed by atoms with van der Waals surface area (Å²) in [6.45, 7) is 1.72. The second-order valence-electron chi connectivity index (χ2n) is 5.18. The van der Waals surface area contributed by atoms with Gasteiger partial charge in [0.05, 0.1) is 5.75 Å². The molecule has 0 atom stereocenters. The van der Waals surface area contributed by atoms with Crippen LogP contribution in [0.3, 0.4) is 0 Å². The molecule has 1 saturated heterocycles. The highest BCUT2D eigenvalue weighted by Gasteiger charge is 2.28. The SMILES string of the molecule is COCC1CCN(S(=O)(=O)Cc2cccc(F)c2)CC1. The van der Waals surface area contributed by atoms with E-state index >= 15 is 0 Å². The van der Waals surface area contributed by atoms with Crippen LogP contribution in [0.5, 0.6) is 0 Å². The molecule has 1 aliphatic heterocycles. The minimum Gasteiger partial charge on any atom is -0.384 e. The Morgan fingerprint density at radius 3 is 2.65 bits per heavy atom. The van der Waals surface area contributed by atoms with Gasteiger partial charge in [-0.05, 0) is 36.5 Å². The topological polar surface area (TPSA) is 46.6 Å². The second-order valence-corrected chi connectivity index (χ2v) is 7.15. The lowest BCUT2D eigenvalue weighted by atomic mass is 9.99. The Balaban J connectivity index is 1.98. The first kappa shape index (κ1) is 15.4. The van der Waals surface area contributed by atoms with Crippen molar-refractivity contribution >= 4 is 10.0 Å². The number of methoxy groups -OCH3 is 1. The molecule has 0 spiro atoms. The molecule has 20 heavy (non-hydrogen) atoms. The van der Waals surface area contributed by atoms with Crippen molar-refractivity contribution in [2.24, 2.45) is 5.92 Å². The predicted octanol–water partition coefficient (Wildman–Crippen LogP) is 2.01. The Bertz CT molecular complexity index is 539. The van der Waals surface area contributed by atoms with Crippen molar-refractivity contribution in [1.82, 2.24) is 4.31 Å². The quantitative estimate of drug-likeness (QED) is 0.836. The third kappa shape index (κ3) is 4.01. The van der Waals surface area contributed by atoms with Crippen molar-refractivity contribution in [2.75, 3.05) is 26.8 Å². The Kier molecular flexibility index (Phi) is 5.12. The number of piperidine rings is 1. The molecule has 0 unspecified atom stereocenters. The van der Waals surface area contributed by atoms with Crippen LogP contribution < -0.4 is 0 Å². The van der Waals surface area contributed by atoms with Crippen LogP contribution in [0.1, 0.15) is 18.4 Å². The summed E-state index contributed by atoms with van der Waals surface area (Å²) in [6, 6.07) is 5.75. The Labute approximate surface area is 119 Å². The molecular formula is C14H20FNO3S. The van der Waals surface area contributed by atoms with Crippen molar-refractivity contribution in [3.63, 3.8) is 0 Å². The standard InChI is InChI=1S/C14H20FNO3S/c1-19-10-12-5-7-16(8-6-12)20(17,18)11-13-3-2-4-14(15)9-13/h2-4,9,12H,5-8,10-11H2,1H3.